The highest BCUT2D eigenvalue weighted by Gasteiger charge is 2.34. The number of ether oxygens (including phenoxy) is 1. The van der Waals surface area contributed by atoms with Crippen LogP contribution < -0.4 is 9.88 Å². The number of hydrogen-bond donors (Lipinski definition) is 1. The van der Waals surface area contributed by atoms with Gasteiger partial charge >= 0.3 is 6.18 Å². The first-order valence-corrected chi connectivity index (χ1v) is 7.73. The summed E-state index contributed by atoms with van der Waals surface area (Å²) in [6, 6.07) is 7.35. The summed E-state index contributed by atoms with van der Waals surface area (Å²) in [5.74, 6) is -0.549. The number of nitrogens with two attached hydrogens (primary N) is 1. The topological polar surface area (TPSA) is 118 Å². The largest absolute Gasteiger partial charge is 0.457 e. The first kappa shape index (κ1) is 17.6. The summed E-state index contributed by atoms with van der Waals surface area (Å²) in [6.45, 7) is 0. The standard InChI is InChI=1S/C13H9F3N4O3S/c14-13(15,16)11-7-8(19-20-17)1-6-12(11)23-9-2-4-10(5-3-9)24(18,21)22/h1-7H,(H2,18,21,22). The molecule has 24 heavy (non-hydrogen) atoms. The van der Waals surface area contributed by atoms with Crippen LogP contribution in [0.3, 0.4) is 0 Å². The average Bonchev–Trinajstić information content (AvgIpc) is 2.47. The zero-order valence-corrected chi connectivity index (χ0v) is 12.5. The van der Waals surface area contributed by atoms with Gasteiger partial charge < -0.3 is 4.74 Å². The van der Waals surface area contributed by atoms with Crippen LogP contribution in [-0.4, -0.2) is 8.42 Å². The molecule has 0 saturated heterocycles. The second kappa shape index (κ2) is 6.40. The van der Waals surface area contributed by atoms with Crippen molar-refractivity contribution in [1.29, 1.82) is 0 Å². The van der Waals surface area contributed by atoms with E-state index in [0.29, 0.717) is 6.07 Å². The number of hydrogen-bond acceptors (Lipinski definition) is 4. The third kappa shape index (κ3) is 4.16. The van der Waals surface area contributed by atoms with E-state index in [-0.39, 0.29) is 16.3 Å². The normalized spacial score (nSPS) is 11.7. The molecule has 0 saturated carbocycles. The fraction of sp³-hybridized carbons (Fsp3) is 0.0769. The summed E-state index contributed by atoms with van der Waals surface area (Å²) < 4.78 is 66.7. The summed E-state index contributed by atoms with van der Waals surface area (Å²) in [7, 11) is -3.92. The van der Waals surface area contributed by atoms with Crippen molar-refractivity contribution in [2.24, 2.45) is 10.3 Å². The van der Waals surface area contributed by atoms with E-state index in [1.165, 1.54) is 12.1 Å². The minimum Gasteiger partial charge on any atom is -0.457 e. The maximum absolute atomic E-state index is 13.1. The van der Waals surface area contributed by atoms with Crippen LogP contribution in [0, 0.1) is 0 Å². The van der Waals surface area contributed by atoms with Crippen LogP contribution in [0.5, 0.6) is 11.5 Å². The predicted octanol–water partition coefficient (Wildman–Crippen LogP) is 4.09. The summed E-state index contributed by atoms with van der Waals surface area (Å²) in [4.78, 5) is 2.22. The minimum absolute atomic E-state index is 0.0237. The zero-order chi connectivity index (χ0) is 18.0. The molecule has 0 aliphatic heterocycles. The smallest absolute Gasteiger partial charge is 0.419 e. The second-order valence-corrected chi connectivity index (χ2v) is 6.05. The summed E-state index contributed by atoms with van der Waals surface area (Å²) >= 11 is 0. The van der Waals surface area contributed by atoms with Gasteiger partial charge in [0.15, 0.2) is 0 Å². The van der Waals surface area contributed by atoms with E-state index in [1.807, 2.05) is 0 Å². The van der Waals surface area contributed by atoms with Crippen molar-refractivity contribution >= 4 is 15.7 Å². The highest BCUT2D eigenvalue weighted by molar-refractivity contribution is 7.89. The van der Waals surface area contributed by atoms with Crippen molar-refractivity contribution < 1.29 is 26.3 Å². The van der Waals surface area contributed by atoms with Gasteiger partial charge in [-0.1, -0.05) is 5.11 Å². The third-order valence-electron chi connectivity index (χ3n) is 2.81. The number of azide groups is 1. The molecule has 2 rings (SSSR count). The Kier molecular flexibility index (Phi) is 4.69. The first-order valence-electron chi connectivity index (χ1n) is 6.18. The summed E-state index contributed by atoms with van der Waals surface area (Å²) in [5, 5.41) is 8.04. The van der Waals surface area contributed by atoms with Gasteiger partial charge in [-0.15, -0.1) is 0 Å². The van der Waals surface area contributed by atoms with E-state index in [1.54, 1.807) is 0 Å². The van der Waals surface area contributed by atoms with E-state index in [0.717, 1.165) is 24.3 Å². The number of halogens is 3. The molecule has 0 unspecified atom stereocenters. The third-order valence-corrected chi connectivity index (χ3v) is 3.74. The maximum Gasteiger partial charge on any atom is 0.419 e. The molecule has 0 atom stereocenters. The average molecular weight is 358 g/mol. The Hall–Kier alpha value is -2.75. The first-order chi connectivity index (χ1) is 11.1. The molecule has 2 N–H and O–H groups in total. The molecule has 0 aliphatic rings. The highest BCUT2D eigenvalue weighted by Crippen LogP contribution is 2.40. The number of primary sulfonamides is 1. The van der Waals surface area contributed by atoms with Crippen LogP contribution in [0.25, 0.3) is 10.4 Å². The Morgan fingerprint density at radius 3 is 2.25 bits per heavy atom. The van der Waals surface area contributed by atoms with Gasteiger partial charge in [0.2, 0.25) is 10.0 Å². The fourth-order valence-electron chi connectivity index (χ4n) is 1.77. The Balaban J connectivity index is 2.40. The number of nitrogens with zero attached hydrogens (tertiary/aromatic N) is 3. The lowest BCUT2D eigenvalue weighted by atomic mass is 10.1. The molecular weight excluding hydrogens is 349 g/mol. The van der Waals surface area contributed by atoms with Gasteiger partial charge in [-0.05, 0) is 48.0 Å². The summed E-state index contributed by atoms with van der Waals surface area (Å²) in [6.07, 6.45) is -4.74. The van der Waals surface area contributed by atoms with Gasteiger partial charge in [-0.2, -0.15) is 13.2 Å². The molecule has 0 spiro atoms. The molecule has 0 heterocycles. The zero-order valence-electron chi connectivity index (χ0n) is 11.7. The number of sulfonamides is 1. The van der Waals surface area contributed by atoms with Crippen LogP contribution in [0.15, 0.2) is 52.5 Å². The number of rotatable bonds is 4. The number of benzene rings is 2. The van der Waals surface area contributed by atoms with Crippen molar-refractivity contribution in [2.45, 2.75) is 11.1 Å². The maximum atomic E-state index is 13.1. The molecule has 0 aliphatic carbocycles. The second-order valence-electron chi connectivity index (χ2n) is 4.49. The van der Waals surface area contributed by atoms with Gasteiger partial charge in [-0.3, -0.25) is 0 Å². The van der Waals surface area contributed by atoms with Crippen LogP contribution in [0.4, 0.5) is 18.9 Å². The lowest BCUT2D eigenvalue weighted by Gasteiger charge is -2.14. The monoisotopic (exact) mass is 358 g/mol. The quantitative estimate of drug-likeness (QED) is 0.504. The molecule has 2 aromatic carbocycles. The van der Waals surface area contributed by atoms with Gasteiger partial charge in [0.25, 0.3) is 0 Å². The molecule has 0 amide bonds. The fourth-order valence-corrected chi connectivity index (χ4v) is 2.28. The van der Waals surface area contributed by atoms with Gasteiger partial charge in [0.05, 0.1) is 10.5 Å². The SMILES string of the molecule is [N-]=[N+]=Nc1ccc(Oc2ccc(S(N)(=O)=O)cc2)c(C(F)(F)F)c1. The molecular formula is C13H9F3N4O3S. The number of alkyl halides is 3. The molecule has 2 aromatic rings. The lowest BCUT2D eigenvalue weighted by molar-refractivity contribution is -0.138. The van der Waals surface area contributed by atoms with Crippen molar-refractivity contribution in [2.75, 3.05) is 0 Å². The molecule has 0 fully saturated rings. The highest BCUT2D eigenvalue weighted by atomic mass is 32.2. The van der Waals surface area contributed by atoms with Crippen LogP contribution >= 0.6 is 0 Å². The van der Waals surface area contributed by atoms with Crippen molar-refractivity contribution in [3.05, 3.63) is 58.5 Å². The lowest BCUT2D eigenvalue weighted by Crippen LogP contribution is -2.11. The van der Waals surface area contributed by atoms with Crippen molar-refractivity contribution in [1.82, 2.24) is 0 Å². The van der Waals surface area contributed by atoms with Crippen molar-refractivity contribution in [3.63, 3.8) is 0 Å². The Morgan fingerprint density at radius 1 is 1.12 bits per heavy atom. The Bertz CT molecular complexity index is 905. The van der Waals surface area contributed by atoms with E-state index in [4.69, 9.17) is 15.4 Å². The van der Waals surface area contributed by atoms with Crippen LogP contribution in [0.1, 0.15) is 5.56 Å². The van der Waals surface area contributed by atoms with Crippen LogP contribution in [0.2, 0.25) is 0 Å². The van der Waals surface area contributed by atoms with Gasteiger partial charge in [0, 0.05) is 10.6 Å². The van der Waals surface area contributed by atoms with Gasteiger partial charge in [-0.25, -0.2) is 13.6 Å². The van der Waals surface area contributed by atoms with Crippen LogP contribution in [-0.2, 0) is 16.2 Å². The molecule has 0 bridgehead atoms. The van der Waals surface area contributed by atoms with E-state index in [9.17, 15) is 21.6 Å². The molecule has 7 nitrogen and oxygen atoms in total. The summed E-state index contributed by atoms with van der Waals surface area (Å²) in [5.41, 5.74) is 6.94. The van der Waals surface area contributed by atoms with E-state index >= 15 is 0 Å². The molecule has 11 heteroatoms. The van der Waals surface area contributed by atoms with Crippen molar-refractivity contribution in [3.8, 4) is 11.5 Å². The molecule has 0 aromatic heterocycles. The van der Waals surface area contributed by atoms with Gasteiger partial charge in [0.1, 0.15) is 11.5 Å². The Morgan fingerprint density at radius 2 is 1.75 bits per heavy atom. The molecule has 126 valence electrons. The van der Waals surface area contributed by atoms with E-state index < -0.39 is 27.5 Å². The van der Waals surface area contributed by atoms with E-state index in [2.05, 4.69) is 10.0 Å². The minimum atomic E-state index is -4.74. The Labute approximate surface area is 134 Å². The predicted molar refractivity (Wildman–Crippen MR) is 78.1 cm³/mol. The molecule has 0 radical (unpaired) electrons.